The number of carbonyl (C=O) groups is 2. The number of piperidine rings is 1. The normalized spacial score (nSPS) is 20.5. The van der Waals surface area contributed by atoms with Gasteiger partial charge in [0.25, 0.3) is 11.8 Å². The predicted molar refractivity (Wildman–Crippen MR) is 130 cm³/mol. The van der Waals surface area contributed by atoms with Crippen molar-refractivity contribution in [2.24, 2.45) is 5.92 Å². The lowest BCUT2D eigenvalue weighted by Gasteiger charge is -2.44. The Bertz CT molecular complexity index is 902. The third-order valence-corrected chi connectivity index (χ3v) is 7.18. The Labute approximate surface area is 192 Å². The highest BCUT2D eigenvalue weighted by atomic mass is 16.2. The second-order valence-corrected chi connectivity index (χ2v) is 9.44. The summed E-state index contributed by atoms with van der Waals surface area (Å²) in [4.78, 5) is 28.0. The highest BCUT2D eigenvalue weighted by Gasteiger charge is 2.35. The SMILES string of the molecule is CCCCCc1ccc(NC(=O)c2ccc(C(=O)N3CCC[C@@H]4CCCC[C@@H]43)cc2)cc1. The maximum atomic E-state index is 13.2. The molecule has 0 bridgehead atoms. The van der Waals surface area contributed by atoms with Gasteiger partial charge < -0.3 is 10.2 Å². The molecule has 2 aromatic rings. The van der Waals surface area contributed by atoms with Gasteiger partial charge in [0.05, 0.1) is 0 Å². The molecular formula is C28H36N2O2. The molecule has 0 radical (unpaired) electrons. The fourth-order valence-electron chi connectivity index (χ4n) is 5.34. The van der Waals surface area contributed by atoms with Crippen LogP contribution in [0.4, 0.5) is 5.69 Å². The van der Waals surface area contributed by atoms with E-state index in [9.17, 15) is 9.59 Å². The van der Waals surface area contributed by atoms with E-state index in [2.05, 4.69) is 29.3 Å². The van der Waals surface area contributed by atoms with Crippen molar-refractivity contribution in [1.29, 1.82) is 0 Å². The van der Waals surface area contributed by atoms with E-state index in [4.69, 9.17) is 0 Å². The number of nitrogens with one attached hydrogen (secondary N) is 1. The molecule has 1 aliphatic carbocycles. The van der Waals surface area contributed by atoms with Crippen LogP contribution in [0.5, 0.6) is 0 Å². The van der Waals surface area contributed by atoms with Crippen LogP contribution in [0.2, 0.25) is 0 Å². The Kier molecular flexibility index (Phi) is 7.62. The Morgan fingerprint density at radius 2 is 1.56 bits per heavy atom. The van der Waals surface area contributed by atoms with Crippen molar-refractivity contribution in [1.82, 2.24) is 4.90 Å². The van der Waals surface area contributed by atoms with Gasteiger partial charge in [-0.3, -0.25) is 9.59 Å². The number of aryl methyl sites for hydroxylation is 1. The number of likely N-dealkylation sites (tertiary alicyclic amines) is 1. The summed E-state index contributed by atoms with van der Waals surface area (Å²) in [5.41, 5.74) is 3.36. The molecule has 32 heavy (non-hydrogen) atoms. The van der Waals surface area contributed by atoms with Crippen LogP contribution in [0, 0.1) is 5.92 Å². The van der Waals surface area contributed by atoms with E-state index in [1.807, 2.05) is 12.1 Å². The molecule has 4 heteroatoms. The second kappa shape index (κ2) is 10.8. The molecule has 2 aliphatic rings. The van der Waals surface area contributed by atoms with Crippen LogP contribution in [0.25, 0.3) is 0 Å². The largest absolute Gasteiger partial charge is 0.335 e. The summed E-state index contributed by atoms with van der Waals surface area (Å²) in [6.45, 7) is 3.07. The summed E-state index contributed by atoms with van der Waals surface area (Å²) in [6.07, 6.45) is 12.0. The average molecular weight is 433 g/mol. The van der Waals surface area contributed by atoms with E-state index in [0.717, 1.165) is 31.5 Å². The fourth-order valence-corrected chi connectivity index (χ4v) is 5.34. The summed E-state index contributed by atoms with van der Waals surface area (Å²) in [5, 5.41) is 2.97. The third-order valence-electron chi connectivity index (χ3n) is 7.18. The number of amides is 2. The minimum Gasteiger partial charge on any atom is -0.335 e. The van der Waals surface area contributed by atoms with Crippen molar-refractivity contribution >= 4 is 17.5 Å². The van der Waals surface area contributed by atoms with Crippen LogP contribution in [0.1, 0.15) is 91.0 Å². The van der Waals surface area contributed by atoms with Crippen molar-refractivity contribution in [2.75, 3.05) is 11.9 Å². The molecule has 2 atom stereocenters. The molecule has 4 nitrogen and oxygen atoms in total. The minimum absolute atomic E-state index is 0.118. The molecule has 1 aliphatic heterocycles. The van der Waals surface area contributed by atoms with Crippen LogP contribution in [-0.4, -0.2) is 29.3 Å². The van der Waals surface area contributed by atoms with Gasteiger partial charge in [0.15, 0.2) is 0 Å². The molecule has 1 heterocycles. The van der Waals surface area contributed by atoms with Crippen molar-refractivity contribution in [2.45, 2.75) is 77.2 Å². The molecule has 1 N–H and O–H groups in total. The van der Waals surface area contributed by atoms with E-state index in [1.165, 1.54) is 50.5 Å². The number of hydrogen-bond donors (Lipinski definition) is 1. The number of nitrogens with zero attached hydrogens (tertiary/aromatic N) is 1. The first-order valence-electron chi connectivity index (χ1n) is 12.5. The zero-order valence-electron chi connectivity index (χ0n) is 19.3. The van der Waals surface area contributed by atoms with Gasteiger partial charge in [0.2, 0.25) is 0 Å². The van der Waals surface area contributed by atoms with Crippen molar-refractivity contribution < 1.29 is 9.59 Å². The standard InChI is InChI=1S/C28H36N2O2/c1-2-3-4-8-21-12-18-25(19-13-21)29-27(31)23-14-16-24(17-15-23)28(32)30-20-7-10-22-9-5-6-11-26(22)30/h12-19,22,26H,2-11,20H2,1H3,(H,29,31)/t22-,26-/m0/s1. The van der Waals surface area contributed by atoms with Gasteiger partial charge in [-0.15, -0.1) is 0 Å². The van der Waals surface area contributed by atoms with Gasteiger partial charge in [-0.2, -0.15) is 0 Å². The maximum absolute atomic E-state index is 13.2. The third kappa shape index (κ3) is 5.40. The van der Waals surface area contributed by atoms with Crippen LogP contribution in [0.15, 0.2) is 48.5 Å². The lowest BCUT2D eigenvalue weighted by Crippen LogP contribution is -2.49. The number of hydrogen-bond acceptors (Lipinski definition) is 2. The molecule has 0 aromatic heterocycles. The Morgan fingerprint density at radius 1 is 0.875 bits per heavy atom. The molecule has 0 unspecified atom stereocenters. The molecule has 4 rings (SSSR count). The Balaban J connectivity index is 1.35. The smallest absolute Gasteiger partial charge is 0.255 e. The molecule has 0 spiro atoms. The van der Waals surface area contributed by atoms with Crippen molar-refractivity contribution in [3.63, 3.8) is 0 Å². The summed E-state index contributed by atoms with van der Waals surface area (Å²) in [7, 11) is 0. The molecular weight excluding hydrogens is 396 g/mol. The first-order chi connectivity index (χ1) is 15.7. The minimum atomic E-state index is -0.145. The fraction of sp³-hybridized carbons (Fsp3) is 0.500. The van der Waals surface area contributed by atoms with E-state index in [0.29, 0.717) is 23.1 Å². The van der Waals surface area contributed by atoms with Gasteiger partial charge in [0.1, 0.15) is 0 Å². The van der Waals surface area contributed by atoms with Crippen molar-refractivity contribution in [3.05, 3.63) is 65.2 Å². The summed E-state index contributed by atoms with van der Waals surface area (Å²) < 4.78 is 0. The zero-order valence-corrected chi connectivity index (χ0v) is 19.3. The number of fused-ring (bicyclic) bond motifs is 1. The molecule has 2 aromatic carbocycles. The van der Waals surface area contributed by atoms with E-state index in [1.54, 1.807) is 24.3 Å². The number of unbranched alkanes of at least 4 members (excludes halogenated alkanes) is 2. The van der Waals surface area contributed by atoms with Gasteiger partial charge in [-0.1, -0.05) is 44.7 Å². The lowest BCUT2D eigenvalue weighted by molar-refractivity contribution is 0.0390. The average Bonchev–Trinajstić information content (AvgIpc) is 2.84. The topological polar surface area (TPSA) is 49.4 Å². The van der Waals surface area contributed by atoms with Crippen LogP contribution in [0.3, 0.4) is 0 Å². The quantitative estimate of drug-likeness (QED) is 0.510. The highest BCUT2D eigenvalue weighted by molar-refractivity contribution is 6.05. The second-order valence-electron chi connectivity index (χ2n) is 9.44. The van der Waals surface area contributed by atoms with Gasteiger partial charge in [0, 0.05) is 29.4 Å². The summed E-state index contributed by atoms with van der Waals surface area (Å²) in [6, 6.07) is 15.7. The monoisotopic (exact) mass is 432 g/mol. The van der Waals surface area contributed by atoms with Crippen molar-refractivity contribution in [3.8, 4) is 0 Å². The van der Waals surface area contributed by atoms with E-state index >= 15 is 0 Å². The van der Waals surface area contributed by atoms with Crippen LogP contribution in [-0.2, 0) is 6.42 Å². The number of benzene rings is 2. The maximum Gasteiger partial charge on any atom is 0.255 e. The Morgan fingerprint density at radius 3 is 2.31 bits per heavy atom. The van der Waals surface area contributed by atoms with E-state index < -0.39 is 0 Å². The number of carbonyl (C=O) groups excluding carboxylic acids is 2. The first kappa shape index (κ1) is 22.6. The number of rotatable bonds is 7. The molecule has 1 saturated carbocycles. The first-order valence-corrected chi connectivity index (χ1v) is 12.5. The van der Waals surface area contributed by atoms with Crippen LogP contribution < -0.4 is 5.32 Å². The van der Waals surface area contributed by atoms with Gasteiger partial charge in [-0.05, 0) is 86.4 Å². The highest BCUT2D eigenvalue weighted by Crippen LogP contribution is 2.36. The van der Waals surface area contributed by atoms with E-state index in [-0.39, 0.29) is 11.8 Å². The summed E-state index contributed by atoms with van der Waals surface area (Å²) >= 11 is 0. The van der Waals surface area contributed by atoms with Gasteiger partial charge in [-0.25, -0.2) is 0 Å². The predicted octanol–water partition coefficient (Wildman–Crippen LogP) is 6.47. The zero-order chi connectivity index (χ0) is 22.3. The van der Waals surface area contributed by atoms with Crippen LogP contribution >= 0.6 is 0 Å². The molecule has 170 valence electrons. The molecule has 2 amide bonds. The molecule has 2 fully saturated rings. The lowest BCUT2D eigenvalue weighted by atomic mass is 9.78. The molecule has 1 saturated heterocycles. The Hall–Kier alpha value is -2.62. The van der Waals surface area contributed by atoms with Gasteiger partial charge >= 0.3 is 0 Å². The summed E-state index contributed by atoms with van der Waals surface area (Å²) in [5.74, 6) is 0.643. The number of anilines is 1.